The predicted octanol–water partition coefficient (Wildman–Crippen LogP) is 3.98. The Kier molecular flexibility index (Phi) is 7.18. The second-order valence-electron chi connectivity index (χ2n) is 8.31. The first-order chi connectivity index (χ1) is 16.8. The Balaban J connectivity index is 1.54. The Morgan fingerprint density at radius 2 is 1.66 bits per heavy atom. The molecule has 0 spiro atoms. The third-order valence-electron chi connectivity index (χ3n) is 5.48. The van der Waals surface area contributed by atoms with Gasteiger partial charge in [-0.15, -0.1) is 0 Å². The molecular formula is C26H26N2O6S. The Morgan fingerprint density at radius 1 is 0.971 bits per heavy atom. The summed E-state index contributed by atoms with van der Waals surface area (Å²) in [6, 6.07) is 19.4. The summed E-state index contributed by atoms with van der Waals surface area (Å²) in [5.41, 5.74) is 1.97. The van der Waals surface area contributed by atoms with E-state index in [0.29, 0.717) is 17.0 Å². The molecule has 1 aliphatic rings. The Hall–Kier alpha value is -3.69. The largest absolute Gasteiger partial charge is 0.495 e. The minimum absolute atomic E-state index is 0.0261. The summed E-state index contributed by atoms with van der Waals surface area (Å²) >= 11 is 0. The third kappa shape index (κ3) is 6.06. The molecule has 9 heteroatoms. The average molecular weight is 495 g/mol. The molecule has 0 bridgehead atoms. The monoisotopic (exact) mass is 494 g/mol. The van der Waals surface area contributed by atoms with Crippen LogP contribution in [-0.2, 0) is 19.6 Å². The summed E-state index contributed by atoms with van der Waals surface area (Å²) in [6.45, 7) is 1.88. The van der Waals surface area contributed by atoms with Crippen LogP contribution in [0.3, 0.4) is 0 Å². The average Bonchev–Trinajstić information content (AvgIpc) is 3.66. The van der Waals surface area contributed by atoms with Crippen LogP contribution >= 0.6 is 0 Å². The fourth-order valence-electron chi connectivity index (χ4n) is 3.45. The summed E-state index contributed by atoms with van der Waals surface area (Å²) in [6.07, 6.45) is 0.399. The third-order valence-corrected chi connectivity index (χ3v) is 7.01. The van der Waals surface area contributed by atoms with Crippen LogP contribution in [0.1, 0.15) is 40.4 Å². The first-order valence-electron chi connectivity index (χ1n) is 11.1. The van der Waals surface area contributed by atoms with E-state index in [0.717, 1.165) is 18.4 Å². The smallest absolute Gasteiger partial charge is 0.339 e. The molecule has 3 aromatic rings. The first kappa shape index (κ1) is 24.4. The zero-order chi connectivity index (χ0) is 25.0. The predicted molar refractivity (Wildman–Crippen MR) is 131 cm³/mol. The van der Waals surface area contributed by atoms with E-state index >= 15 is 0 Å². The molecule has 182 valence electrons. The number of sulfonamides is 1. The maximum absolute atomic E-state index is 13.2. The van der Waals surface area contributed by atoms with Crippen molar-refractivity contribution in [1.29, 1.82) is 0 Å². The van der Waals surface area contributed by atoms with Gasteiger partial charge in [0.05, 0.1) is 23.3 Å². The van der Waals surface area contributed by atoms with Crippen molar-refractivity contribution >= 4 is 27.6 Å². The van der Waals surface area contributed by atoms with Gasteiger partial charge < -0.3 is 14.8 Å². The van der Waals surface area contributed by atoms with Crippen LogP contribution in [0.25, 0.3) is 0 Å². The number of amides is 1. The van der Waals surface area contributed by atoms with Gasteiger partial charge in [-0.05, 0) is 61.7 Å². The lowest BCUT2D eigenvalue weighted by Gasteiger charge is -2.19. The molecule has 0 aromatic heterocycles. The number of hydrogen-bond acceptors (Lipinski definition) is 6. The van der Waals surface area contributed by atoms with E-state index in [4.69, 9.17) is 9.47 Å². The van der Waals surface area contributed by atoms with Gasteiger partial charge in [-0.1, -0.05) is 36.4 Å². The van der Waals surface area contributed by atoms with Crippen molar-refractivity contribution in [3.63, 3.8) is 0 Å². The van der Waals surface area contributed by atoms with Gasteiger partial charge in [0, 0.05) is 11.6 Å². The summed E-state index contributed by atoms with van der Waals surface area (Å²) in [7, 11) is -2.14. The van der Waals surface area contributed by atoms with Gasteiger partial charge in [0.2, 0.25) is 16.1 Å². The van der Waals surface area contributed by atoms with Crippen LogP contribution in [0.4, 0.5) is 5.69 Å². The molecule has 3 aromatic carbocycles. The first-order valence-corrected chi connectivity index (χ1v) is 12.6. The molecule has 0 radical (unpaired) electrons. The topological polar surface area (TPSA) is 111 Å². The maximum atomic E-state index is 13.2. The van der Waals surface area contributed by atoms with Crippen LogP contribution in [0, 0.1) is 6.92 Å². The van der Waals surface area contributed by atoms with Crippen molar-refractivity contribution < 1.29 is 27.5 Å². The Labute approximate surface area is 204 Å². The molecular weight excluding hydrogens is 468 g/mol. The number of aryl methyl sites for hydroxylation is 1. The Bertz CT molecular complexity index is 1320. The quantitative estimate of drug-likeness (QED) is 0.436. The van der Waals surface area contributed by atoms with Crippen molar-refractivity contribution in [1.82, 2.24) is 4.72 Å². The molecule has 0 aliphatic heterocycles. The highest BCUT2D eigenvalue weighted by molar-refractivity contribution is 7.89. The molecule has 8 nitrogen and oxygen atoms in total. The van der Waals surface area contributed by atoms with Gasteiger partial charge in [0.15, 0.2) is 0 Å². The number of nitrogens with one attached hydrogen (secondary N) is 2. The summed E-state index contributed by atoms with van der Waals surface area (Å²) in [5, 5.41) is 2.78. The molecule has 35 heavy (non-hydrogen) atoms. The number of ether oxygens (including phenoxy) is 2. The lowest BCUT2D eigenvalue weighted by Crippen LogP contribution is -2.26. The van der Waals surface area contributed by atoms with Crippen molar-refractivity contribution in [2.24, 2.45) is 0 Å². The zero-order valence-electron chi connectivity index (χ0n) is 19.4. The van der Waals surface area contributed by atoms with Crippen LogP contribution in [0.2, 0.25) is 0 Å². The van der Waals surface area contributed by atoms with Gasteiger partial charge in [0.1, 0.15) is 5.75 Å². The van der Waals surface area contributed by atoms with Gasteiger partial charge >= 0.3 is 5.97 Å². The second-order valence-corrected chi connectivity index (χ2v) is 10.0. The van der Waals surface area contributed by atoms with Gasteiger partial charge in [-0.25, -0.2) is 17.9 Å². The minimum Gasteiger partial charge on any atom is -0.495 e. The number of carbonyl (C=O) groups excluding carboxylic acids is 2. The number of anilines is 1. The van der Waals surface area contributed by atoms with E-state index in [1.165, 1.54) is 31.4 Å². The fourth-order valence-corrected chi connectivity index (χ4v) is 4.76. The Morgan fingerprint density at radius 3 is 2.29 bits per heavy atom. The lowest BCUT2D eigenvalue weighted by molar-refractivity contribution is -0.125. The number of methoxy groups -OCH3 is 1. The van der Waals surface area contributed by atoms with Crippen molar-refractivity contribution in [2.45, 2.75) is 36.8 Å². The van der Waals surface area contributed by atoms with Crippen molar-refractivity contribution in [2.75, 3.05) is 12.4 Å². The molecule has 4 rings (SSSR count). The summed E-state index contributed by atoms with van der Waals surface area (Å²) in [4.78, 5) is 26.2. The lowest BCUT2D eigenvalue weighted by atomic mass is 10.1. The highest BCUT2D eigenvalue weighted by atomic mass is 32.2. The molecule has 1 amide bonds. The van der Waals surface area contributed by atoms with Crippen LogP contribution in [-0.4, -0.2) is 33.4 Å². The molecule has 0 heterocycles. The van der Waals surface area contributed by atoms with Crippen molar-refractivity contribution in [3.05, 3.63) is 89.5 Å². The number of esters is 1. The standard InChI is InChI=1S/C26H26N2O6S/c1-17-8-15-23(33-2)22(16-17)27-25(29)24(18-6-4-3-5-7-18)34-26(30)19-9-13-21(14-10-19)35(31,32)28-20-11-12-20/h3-10,13-16,20,24,28H,11-12H2,1-2H3,(H,27,29). The summed E-state index contributed by atoms with van der Waals surface area (Å²) in [5.74, 6) is -0.843. The second kappa shape index (κ2) is 10.3. The van der Waals surface area contributed by atoms with Gasteiger partial charge in [-0.2, -0.15) is 0 Å². The van der Waals surface area contributed by atoms with E-state index in [-0.39, 0.29) is 16.5 Å². The van der Waals surface area contributed by atoms with Crippen LogP contribution in [0.5, 0.6) is 5.75 Å². The van der Waals surface area contributed by atoms with Crippen LogP contribution < -0.4 is 14.8 Å². The molecule has 1 saturated carbocycles. The fraction of sp³-hybridized carbons (Fsp3) is 0.231. The van der Waals surface area contributed by atoms with E-state index < -0.39 is 28.0 Å². The molecule has 0 saturated heterocycles. The summed E-state index contributed by atoms with van der Waals surface area (Å²) < 4.78 is 38.3. The van der Waals surface area contributed by atoms with Gasteiger partial charge in [-0.3, -0.25) is 4.79 Å². The van der Waals surface area contributed by atoms with Crippen molar-refractivity contribution in [3.8, 4) is 5.75 Å². The zero-order valence-corrected chi connectivity index (χ0v) is 20.2. The number of hydrogen-bond donors (Lipinski definition) is 2. The molecule has 1 unspecified atom stereocenters. The molecule has 2 N–H and O–H groups in total. The SMILES string of the molecule is COc1ccc(C)cc1NC(=O)C(OC(=O)c1ccc(S(=O)(=O)NC2CC2)cc1)c1ccccc1. The maximum Gasteiger partial charge on any atom is 0.339 e. The molecule has 1 atom stereocenters. The molecule has 1 fully saturated rings. The molecule has 1 aliphatic carbocycles. The van der Waals surface area contributed by atoms with E-state index in [1.807, 2.05) is 13.0 Å². The number of rotatable bonds is 9. The number of benzene rings is 3. The highest BCUT2D eigenvalue weighted by Gasteiger charge is 2.29. The minimum atomic E-state index is -3.64. The van der Waals surface area contributed by atoms with Gasteiger partial charge in [0.25, 0.3) is 5.91 Å². The van der Waals surface area contributed by atoms with E-state index in [9.17, 15) is 18.0 Å². The van der Waals surface area contributed by atoms with Crippen LogP contribution in [0.15, 0.2) is 77.7 Å². The van der Waals surface area contributed by atoms with E-state index in [1.54, 1.807) is 42.5 Å². The number of carbonyl (C=O) groups is 2. The highest BCUT2D eigenvalue weighted by Crippen LogP contribution is 2.28. The normalized spacial score (nSPS) is 14.1. The van der Waals surface area contributed by atoms with E-state index in [2.05, 4.69) is 10.0 Å².